The molecule has 0 saturated heterocycles. The fraction of sp³-hybridized carbons (Fsp3) is 0. The molecule has 23 heavy (non-hydrogen) atoms. The molecule has 0 radical (unpaired) electrons. The number of nitro benzene ring substituents is 1. The summed E-state index contributed by atoms with van der Waals surface area (Å²) >= 11 is 5.82. The number of aliphatic imine (C=N–C) groups is 1. The molecule has 0 N–H and O–H groups in total. The third-order valence-corrected chi connectivity index (χ3v) is 3.56. The predicted molar refractivity (Wildman–Crippen MR) is 88.8 cm³/mol. The van der Waals surface area contributed by atoms with E-state index in [0.29, 0.717) is 5.69 Å². The standard InChI is InChI=1S/C17H11ClN2O3/c18-14-7-13(17(21)16(9-14)20(22)23)10-19-15-6-5-11-3-1-2-4-12(11)8-15/h1-10,21H/p-1. The Bertz CT molecular complexity index is 938. The molecule has 114 valence electrons. The molecular formula is C17H10ClN2O3-. The van der Waals surface area contributed by atoms with Crippen LogP contribution >= 0.6 is 11.6 Å². The van der Waals surface area contributed by atoms with E-state index in [1.54, 1.807) is 0 Å². The summed E-state index contributed by atoms with van der Waals surface area (Å²) in [6, 6.07) is 15.8. The first-order valence-electron chi connectivity index (χ1n) is 6.72. The maximum absolute atomic E-state index is 12.0. The lowest BCUT2D eigenvalue weighted by molar-refractivity contribution is -0.398. The number of hydrogen-bond donors (Lipinski definition) is 0. The largest absolute Gasteiger partial charge is 0.867 e. The smallest absolute Gasteiger partial charge is 0.263 e. The van der Waals surface area contributed by atoms with E-state index in [1.807, 2.05) is 42.5 Å². The van der Waals surface area contributed by atoms with Crippen LogP contribution in [0.5, 0.6) is 5.75 Å². The van der Waals surface area contributed by atoms with Gasteiger partial charge in [0.05, 0.1) is 10.6 Å². The maximum Gasteiger partial charge on any atom is 0.263 e. The zero-order valence-electron chi connectivity index (χ0n) is 11.8. The Hall–Kier alpha value is -2.92. The molecule has 0 unspecified atom stereocenters. The molecule has 0 aliphatic heterocycles. The van der Waals surface area contributed by atoms with Gasteiger partial charge >= 0.3 is 0 Å². The first-order chi connectivity index (χ1) is 11.0. The molecule has 0 amide bonds. The van der Waals surface area contributed by atoms with E-state index in [9.17, 15) is 15.2 Å². The van der Waals surface area contributed by atoms with Crippen LogP contribution in [0.25, 0.3) is 10.8 Å². The summed E-state index contributed by atoms with van der Waals surface area (Å²) in [7, 11) is 0. The Morgan fingerprint density at radius 3 is 2.52 bits per heavy atom. The molecule has 0 aliphatic rings. The van der Waals surface area contributed by atoms with Gasteiger partial charge in [0, 0.05) is 17.3 Å². The van der Waals surface area contributed by atoms with Gasteiger partial charge in [-0.3, -0.25) is 15.1 Å². The van der Waals surface area contributed by atoms with Crippen LogP contribution in [-0.2, 0) is 0 Å². The minimum Gasteiger partial charge on any atom is -0.867 e. The highest BCUT2D eigenvalue weighted by Gasteiger charge is 2.11. The maximum atomic E-state index is 12.0. The number of nitro groups is 1. The molecule has 0 aliphatic carbocycles. The van der Waals surface area contributed by atoms with Crippen molar-refractivity contribution in [1.29, 1.82) is 0 Å². The van der Waals surface area contributed by atoms with Crippen molar-refractivity contribution in [3.05, 3.63) is 75.3 Å². The monoisotopic (exact) mass is 325 g/mol. The highest BCUT2D eigenvalue weighted by molar-refractivity contribution is 6.31. The molecule has 0 aromatic heterocycles. The first kappa shape index (κ1) is 15.0. The Balaban J connectivity index is 2.00. The zero-order chi connectivity index (χ0) is 16.4. The van der Waals surface area contributed by atoms with Gasteiger partial charge in [-0.2, -0.15) is 0 Å². The lowest BCUT2D eigenvalue weighted by Gasteiger charge is -2.10. The molecule has 0 spiro atoms. The third kappa shape index (κ3) is 3.14. The van der Waals surface area contributed by atoms with Gasteiger partial charge in [-0.15, -0.1) is 0 Å². The number of hydrogen-bond acceptors (Lipinski definition) is 4. The molecule has 3 aromatic rings. The van der Waals surface area contributed by atoms with Crippen LogP contribution in [0.3, 0.4) is 0 Å². The minimum atomic E-state index is -0.748. The zero-order valence-corrected chi connectivity index (χ0v) is 12.5. The van der Waals surface area contributed by atoms with Gasteiger partial charge in [0.2, 0.25) is 0 Å². The fourth-order valence-electron chi connectivity index (χ4n) is 2.23. The number of fused-ring (bicyclic) bond motifs is 1. The molecule has 0 fully saturated rings. The van der Waals surface area contributed by atoms with Gasteiger partial charge in [-0.05, 0) is 40.3 Å². The molecule has 0 saturated carbocycles. The lowest BCUT2D eigenvalue weighted by atomic mass is 10.1. The van der Waals surface area contributed by atoms with E-state index in [2.05, 4.69) is 4.99 Å². The van der Waals surface area contributed by atoms with Gasteiger partial charge in [0.15, 0.2) is 0 Å². The van der Waals surface area contributed by atoms with E-state index < -0.39 is 16.4 Å². The molecule has 0 heterocycles. The van der Waals surface area contributed by atoms with Crippen LogP contribution < -0.4 is 5.11 Å². The van der Waals surface area contributed by atoms with Crippen molar-refractivity contribution in [2.24, 2.45) is 4.99 Å². The summed E-state index contributed by atoms with van der Waals surface area (Å²) in [5.41, 5.74) is 0.167. The van der Waals surface area contributed by atoms with Crippen molar-refractivity contribution in [2.75, 3.05) is 0 Å². The van der Waals surface area contributed by atoms with Gasteiger partial charge in [0.1, 0.15) is 0 Å². The van der Waals surface area contributed by atoms with E-state index in [4.69, 9.17) is 11.6 Å². The predicted octanol–water partition coefficient (Wildman–Crippen LogP) is 4.23. The Morgan fingerprint density at radius 1 is 1.04 bits per heavy atom. The van der Waals surface area contributed by atoms with Gasteiger partial charge < -0.3 is 5.11 Å². The second-order valence-electron chi connectivity index (χ2n) is 4.89. The number of halogens is 1. The van der Waals surface area contributed by atoms with E-state index >= 15 is 0 Å². The highest BCUT2D eigenvalue weighted by Crippen LogP contribution is 2.30. The molecule has 0 bridgehead atoms. The van der Waals surface area contributed by atoms with Crippen molar-refractivity contribution in [2.45, 2.75) is 0 Å². The topological polar surface area (TPSA) is 78.6 Å². The molecule has 3 rings (SSSR count). The van der Waals surface area contributed by atoms with E-state index in [1.165, 1.54) is 12.3 Å². The van der Waals surface area contributed by atoms with Crippen LogP contribution in [-0.4, -0.2) is 11.1 Å². The van der Waals surface area contributed by atoms with Crippen molar-refractivity contribution in [3.8, 4) is 5.75 Å². The molecule has 3 aromatic carbocycles. The first-order valence-corrected chi connectivity index (χ1v) is 7.10. The summed E-state index contributed by atoms with van der Waals surface area (Å²) in [4.78, 5) is 14.3. The van der Waals surface area contributed by atoms with Gasteiger partial charge in [-0.25, -0.2) is 0 Å². The fourth-order valence-corrected chi connectivity index (χ4v) is 2.45. The summed E-state index contributed by atoms with van der Waals surface area (Å²) in [5.74, 6) is -0.705. The second kappa shape index (κ2) is 6.06. The van der Waals surface area contributed by atoms with Gasteiger partial charge in [-0.1, -0.05) is 41.9 Å². The molecule has 5 nitrogen and oxygen atoms in total. The number of nitrogens with zero attached hydrogens (tertiary/aromatic N) is 2. The highest BCUT2D eigenvalue weighted by atomic mass is 35.5. The lowest BCUT2D eigenvalue weighted by Crippen LogP contribution is -2.02. The Morgan fingerprint density at radius 2 is 1.78 bits per heavy atom. The SMILES string of the molecule is O=[N+]([O-])c1cc(Cl)cc(C=Nc2ccc3ccccc3c2)c1[O-]. The van der Waals surface area contributed by atoms with Crippen LogP contribution in [0.4, 0.5) is 11.4 Å². The summed E-state index contributed by atoms with van der Waals surface area (Å²) in [6.07, 6.45) is 1.30. The van der Waals surface area contributed by atoms with Crippen LogP contribution in [0.15, 0.2) is 59.6 Å². The normalized spacial score (nSPS) is 11.2. The molecular weight excluding hydrogens is 316 g/mol. The Kier molecular flexibility index (Phi) is 3.95. The van der Waals surface area contributed by atoms with Crippen molar-refractivity contribution in [3.63, 3.8) is 0 Å². The van der Waals surface area contributed by atoms with Crippen molar-refractivity contribution >= 4 is 40.0 Å². The quantitative estimate of drug-likeness (QED) is 0.410. The third-order valence-electron chi connectivity index (χ3n) is 3.35. The van der Waals surface area contributed by atoms with Gasteiger partial charge in [0.25, 0.3) is 5.69 Å². The minimum absolute atomic E-state index is 0.0809. The second-order valence-corrected chi connectivity index (χ2v) is 5.33. The van der Waals surface area contributed by atoms with Crippen LogP contribution in [0.1, 0.15) is 5.56 Å². The Labute approximate surface area is 136 Å². The van der Waals surface area contributed by atoms with E-state index in [-0.39, 0.29) is 10.6 Å². The average molecular weight is 326 g/mol. The molecule has 0 atom stereocenters. The average Bonchev–Trinajstić information content (AvgIpc) is 2.55. The molecule has 6 heteroatoms. The van der Waals surface area contributed by atoms with Crippen molar-refractivity contribution in [1.82, 2.24) is 0 Å². The summed E-state index contributed by atoms with van der Waals surface area (Å²) in [5, 5.41) is 25.1. The van der Waals surface area contributed by atoms with Crippen LogP contribution in [0.2, 0.25) is 5.02 Å². The van der Waals surface area contributed by atoms with E-state index in [0.717, 1.165) is 16.8 Å². The number of benzene rings is 3. The summed E-state index contributed by atoms with van der Waals surface area (Å²) in [6.45, 7) is 0. The number of rotatable bonds is 3. The summed E-state index contributed by atoms with van der Waals surface area (Å²) < 4.78 is 0. The van der Waals surface area contributed by atoms with Crippen LogP contribution in [0, 0.1) is 10.1 Å². The van der Waals surface area contributed by atoms with Crippen molar-refractivity contribution < 1.29 is 10.0 Å².